The topological polar surface area (TPSA) is 97.2 Å². The van der Waals surface area contributed by atoms with Gasteiger partial charge in [0.15, 0.2) is 11.3 Å². The monoisotopic (exact) mass is 455 g/mol. The van der Waals surface area contributed by atoms with E-state index >= 15 is 0 Å². The Morgan fingerprint density at radius 3 is 2.77 bits per heavy atom. The molecule has 0 fully saturated rings. The van der Waals surface area contributed by atoms with Crippen molar-refractivity contribution in [1.29, 1.82) is 0 Å². The Hall–Kier alpha value is -3.23. The first-order valence-electron chi connectivity index (χ1n) is 9.29. The number of hydrogen-bond donors (Lipinski definition) is 2. The first-order chi connectivity index (χ1) is 14.9. The number of carboxylic acids is 1. The van der Waals surface area contributed by atoms with Crippen LogP contribution in [0, 0.1) is 6.92 Å². The van der Waals surface area contributed by atoms with Crippen LogP contribution in [0.25, 0.3) is 16.9 Å². The number of methoxy groups -OCH3 is 1. The van der Waals surface area contributed by atoms with Gasteiger partial charge in [-0.25, -0.2) is 19.1 Å². The largest absolute Gasteiger partial charge is 0.496 e. The van der Waals surface area contributed by atoms with E-state index in [9.17, 15) is 14.7 Å². The first-order valence-corrected chi connectivity index (χ1v) is 10.7. The molecule has 0 amide bonds. The number of thioether (sulfide) groups is 1. The second-order valence-electron chi connectivity index (χ2n) is 6.81. The highest BCUT2D eigenvalue weighted by atomic mass is 35.5. The molecule has 31 heavy (non-hydrogen) atoms. The smallest absolute Gasteiger partial charge is 0.354 e. The Bertz CT molecular complexity index is 1360. The second kappa shape index (κ2) is 8.49. The number of fused-ring (bicyclic) bond motifs is 1. The molecule has 0 spiro atoms. The number of halogens is 1. The summed E-state index contributed by atoms with van der Waals surface area (Å²) in [6, 6.07) is 14.6. The number of H-pyrrole nitrogens is 1. The standard InChI is InChI=1S/C22H18ClN3O4S/c1-12-9-16(21(27)28)24-20-19(12)25-22(29)26(20)17-10-14(7-8-15(17)23)31-11-13-5-3-4-6-18(13)30-2/h3-10H,11H2,1-2H3,(H,25,29)(H,27,28). The number of para-hydroxylation sites is 1. The van der Waals surface area contributed by atoms with Gasteiger partial charge in [-0.1, -0.05) is 29.8 Å². The Kier molecular flexibility index (Phi) is 5.75. The van der Waals surface area contributed by atoms with Gasteiger partial charge in [-0.05, 0) is 42.8 Å². The van der Waals surface area contributed by atoms with Gasteiger partial charge in [0.05, 0.1) is 23.3 Å². The fraction of sp³-hybridized carbons (Fsp3) is 0.136. The van der Waals surface area contributed by atoms with Crippen molar-refractivity contribution in [3.05, 3.63) is 80.9 Å². The first kappa shape index (κ1) is 21.0. The van der Waals surface area contributed by atoms with Crippen LogP contribution in [0.4, 0.5) is 0 Å². The molecule has 0 atom stereocenters. The minimum atomic E-state index is -1.17. The zero-order valence-electron chi connectivity index (χ0n) is 16.7. The van der Waals surface area contributed by atoms with Crippen LogP contribution in [0.5, 0.6) is 5.75 Å². The number of hydrogen-bond acceptors (Lipinski definition) is 5. The van der Waals surface area contributed by atoms with E-state index < -0.39 is 11.7 Å². The lowest BCUT2D eigenvalue weighted by atomic mass is 10.2. The average molecular weight is 456 g/mol. The van der Waals surface area contributed by atoms with Crippen LogP contribution >= 0.6 is 23.4 Å². The van der Waals surface area contributed by atoms with Crippen molar-refractivity contribution >= 4 is 40.5 Å². The highest BCUT2D eigenvalue weighted by molar-refractivity contribution is 7.98. The average Bonchev–Trinajstić information content (AvgIpc) is 3.09. The van der Waals surface area contributed by atoms with Gasteiger partial charge in [0.25, 0.3) is 0 Å². The summed E-state index contributed by atoms with van der Waals surface area (Å²) in [6.07, 6.45) is 0. The van der Waals surface area contributed by atoms with E-state index in [0.29, 0.717) is 27.5 Å². The van der Waals surface area contributed by atoms with Gasteiger partial charge >= 0.3 is 11.7 Å². The Morgan fingerprint density at radius 2 is 2.03 bits per heavy atom. The van der Waals surface area contributed by atoms with Crippen molar-refractivity contribution in [1.82, 2.24) is 14.5 Å². The van der Waals surface area contributed by atoms with Crippen LogP contribution in [-0.2, 0) is 5.75 Å². The number of aromatic amines is 1. The number of aryl methyl sites for hydroxylation is 1. The maximum atomic E-state index is 12.7. The summed E-state index contributed by atoms with van der Waals surface area (Å²) >= 11 is 7.99. The molecular formula is C22H18ClN3O4S. The van der Waals surface area contributed by atoms with Crippen molar-refractivity contribution in [2.75, 3.05) is 7.11 Å². The highest BCUT2D eigenvalue weighted by Crippen LogP contribution is 2.32. The van der Waals surface area contributed by atoms with Crippen LogP contribution in [0.2, 0.25) is 5.02 Å². The summed E-state index contributed by atoms with van der Waals surface area (Å²) in [4.78, 5) is 32.0. The second-order valence-corrected chi connectivity index (χ2v) is 8.26. The summed E-state index contributed by atoms with van der Waals surface area (Å²) in [5.74, 6) is 0.296. The molecule has 2 heterocycles. The predicted molar refractivity (Wildman–Crippen MR) is 121 cm³/mol. The number of carboxylic acid groups (broad SMARTS) is 1. The Labute approximate surface area is 186 Å². The molecule has 7 nitrogen and oxygen atoms in total. The maximum Gasteiger partial charge on any atom is 0.354 e. The third-order valence-electron chi connectivity index (χ3n) is 4.81. The van der Waals surface area contributed by atoms with E-state index in [2.05, 4.69) is 9.97 Å². The quantitative estimate of drug-likeness (QED) is 0.410. The lowest BCUT2D eigenvalue weighted by Crippen LogP contribution is -2.16. The molecule has 2 N–H and O–H groups in total. The van der Waals surface area contributed by atoms with Crippen molar-refractivity contribution in [2.45, 2.75) is 17.6 Å². The van der Waals surface area contributed by atoms with Crippen molar-refractivity contribution < 1.29 is 14.6 Å². The predicted octanol–water partition coefficient (Wildman–Crippen LogP) is 4.67. The van der Waals surface area contributed by atoms with Crippen molar-refractivity contribution in [2.24, 2.45) is 0 Å². The molecule has 158 valence electrons. The summed E-state index contributed by atoms with van der Waals surface area (Å²) in [7, 11) is 1.63. The summed E-state index contributed by atoms with van der Waals surface area (Å²) in [5, 5.41) is 9.71. The lowest BCUT2D eigenvalue weighted by Gasteiger charge is -2.11. The molecule has 0 saturated heterocycles. The molecule has 2 aromatic carbocycles. The molecule has 4 aromatic rings. The number of imidazole rings is 1. The van der Waals surface area contributed by atoms with Gasteiger partial charge in [0.2, 0.25) is 0 Å². The molecule has 0 unspecified atom stereocenters. The molecule has 0 aliphatic heterocycles. The fourth-order valence-corrected chi connectivity index (χ4v) is 4.42. The fourth-order valence-electron chi connectivity index (χ4n) is 3.30. The van der Waals surface area contributed by atoms with Crippen LogP contribution in [0.3, 0.4) is 0 Å². The minimum Gasteiger partial charge on any atom is -0.496 e. The molecule has 2 aromatic heterocycles. The number of benzene rings is 2. The van der Waals surface area contributed by atoms with Gasteiger partial charge in [0.1, 0.15) is 5.75 Å². The molecule has 0 aliphatic rings. The SMILES string of the molecule is COc1ccccc1CSc1ccc(Cl)c(-n2c(=O)[nH]c3c(C)cc(C(=O)O)nc32)c1. The highest BCUT2D eigenvalue weighted by Gasteiger charge is 2.18. The number of nitrogens with zero attached hydrogens (tertiary/aromatic N) is 2. The van der Waals surface area contributed by atoms with Crippen LogP contribution in [0.15, 0.2) is 58.2 Å². The van der Waals surface area contributed by atoms with Gasteiger partial charge in [0, 0.05) is 16.2 Å². The van der Waals surface area contributed by atoms with Crippen molar-refractivity contribution in [3.63, 3.8) is 0 Å². The summed E-state index contributed by atoms with van der Waals surface area (Å²) in [6.45, 7) is 1.72. The molecule has 0 radical (unpaired) electrons. The Morgan fingerprint density at radius 1 is 1.26 bits per heavy atom. The third-order valence-corrected chi connectivity index (χ3v) is 6.17. The van der Waals surface area contributed by atoms with E-state index in [-0.39, 0.29) is 11.3 Å². The number of nitrogens with one attached hydrogen (secondary N) is 1. The minimum absolute atomic E-state index is 0.143. The van der Waals surface area contributed by atoms with E-state index in [1.54, 1.807) is 37.9 Å². The van der Waals surface area contributed by atoms with Gasteiger partial charge in [-0.15, -0.1) is 11.8 Å². The van der Waals surface area contributed by atoms with Crippen LogP contribution < -0.4 is 10.4 Å². The molecular weight excluding hydrogens is 438 g/mol. The van der Waals surface area contributed by atoms with Gasteiger partial charge < -0.3 is 14.8 Å². The number of carbonyl (C=O) groups is 1. The molecule has 9 heteroatoms. The normalized spacial score (nSPS) is 11.1. The van der Waals surface area contributed by atoms with Crippen molar-refractivity contribution in [3.8, 4) is 11.4 Å². The van der Waals surface area contributed by atoms with Gasteiger partial charge in [-0.2, -0.15) is 0 Å². The van der Waals surface area contributed by atoms with E-state index in [4.69, 9.17) is 16.3 Å². The number of ether oxygens (including phenoxy) is 1. The number of pyridine rings is 1. The number of aromatic nitrogens is 3. The third kappa shape index (κ3) is 4.04. The summed E-state index contributed by atoms with van der Waals surface area (Å²) in [5.41, 5.74) is 2.18. The molecule has 0 bridgehead atoms. The van der Waals surface area contributed by atoms with E-state index in [1.807, 2.05) is 30.3 Å². The van der Waals surface area contributed by atoms with E-state index in [1.165, 1.54) is 10.6 Å². The zero-order valence-corrected chi connectivity index (χ0v) is 18.3. The van der Waals surface area contributed by atoms with E-state index in [0.717, 1.165) is 16.2 Å². The van der Waals surface area contributed by atoms with Gasteiger partial charge in [-0.3, -0.25) is 0 Å². The molecule has 0 aliphatic carbocycles. The molecule has 0 saturated carbocycles. The number of aromatic carboxylic acids is 1. The van der Waals surface area contributed by atoms with Crippen LogP contribution in [0.1, 0.15) is 21.6 Å². The summed E-state index contributed by atoms with van der Waals surface area (Å²) < 4.78 is 6.71. The Balaban J connectivity index is 1.77. The number of rotatable bonds is 6. The lowest BCUT2D eigenvalue weighted by molar-refractivity contribution is 0.0690. The maximum absolute atomic E-state index is 12.7. The molecule has 4 rings (SSSR count). The zero-order chi connectivity index (χ0) is 22.1. The van der Waals surface area contributed by atoms with Crippen LogP contribution in [-0.4, -0.2) is 32.7 Å².